The summed E-state index contributed by atoms with van der Waals surface area (Å²) in [5, 5.41) is 0. The molecule has 7 heteroatoms. The molecule has 0 saturated heterocycles. The molecule has 0 radical (unpaired) electrons. The van der Waals surface area contributed by atoms with Crippen molar-refractivity contribution in [1.82, 2.24) is 14.9 Å². The highest BCUT2D eigenvalue weighted by Crippen LogP contribution is 2.09. The van der Waals surface area contributed by atoms with Crippen molar-refractivity contribution in [3.05, 3.63) is 67.7 Å². The minimum Gasteiger partial charge on any atom is -0.327 e. The molecule has 2 rings (SSSR count). The topological polar surface area (TPSA) is 86.0 Å². The highest BCUT2D eigenvalue weighted by atomic mass is 19.1. The summed E-state index contributed by atoms with van der Waals surface area (Å²) in [5.41, 5.74) is 0.459. The number of carbonyl (C=O) groups excluding carboxylic acids is 1. The molecule has 0 bridgehead atoms. The number of aromatic nitrogens is 2. The standard InChI is InChI=1S/C18H18FN3O3/c1-3-10-22(11-13-4-6-14(19)7-5-13)16(23)9-8-15-12(2)20-18(25)21-17(15)24/h1,4-7H,8-11H2,2H3,(H2,20,21,24,25). The molecule has 0 unspecified atom stereocenters. The van der Waals surface area contributed by atoms with Gasteiger partial charge in [-0.2, -0.15) is 0 Å². The molecule has 0 atom stereocenters. The fourth-order valence-corrected chi connectivity index (χ4v) is 2.47. The predicted molar refractivity (Wildman–Crippen MR) is 91.4 cm³/mol. The number of aromatic amines is 2. The van der Waals surface area contributed by atoms with Gasteiger partial charge in [0.2, 0.25) is 5.91 Å². The van der Waals surface area contributed by atoms with Crippen molar-refractivity contribution in [1.29, 1.82) is 0 Å². The van der Waals surface area contributed by atoms with Crippen LogP contribution in [0.3, 0.4) is 0 Å². The smallest absolute Gasteiger partial charge is 0.325 e. The van der Waals surface area contributed by atoms with E-state index in [2.05, 4.69) is 15.9 Å². The fraction of sp³-hybridized carbons (Fsp3) is 0.278. The molecule has 1 aromatic heterocycles. The Kier molecular flexibility index (Phi) is 5.90. The van der Waals surface area contributed by atoms with E-state index in [9.17, 15) is 18.8 Å². The molecule has 0 fully saturated rings. The Hall–Kier alpha value is -3.14. The quantitative estimate of drug-likeness (QED) is 0.770. The molecule has 1 heterocycles. The first-order valence-corrected chi connectivity index (χ1v) is 7.68. The van der Waals surface area contributed by atoms with Gasteiger partial charge < -0.3 is 9.88 Å². The van der Waals surface area contributed by atoms with Gasteiger partial charge in [0.15, 0.2) is 0 Å². The third-order valence-electron chi connectivity index (χ3n) is 3.77. The first kappa shape index (κ1) is 18.2. The highest BCUT2D eigenvalue weighted by Gasteiger charge is 2.15. The van der Waals surface area contributed by atoms with Crippen LogP contribution in [-0.4, -0.2) is 27.3 Å². The Morgan fingerprint density at radius 1 is 1.24 bits per heavy atom. The lowest BCUT2D eigenvalue weighted by Gasteiger charge is -2.20. The van der Waals surface area contributed by atoms with Crippen molar-refractivity contribution in [3.8, 4) is 12.3 Å². The van der Waals surface area contributed by atoms with Crippen molar-refractivity contribution in [2.24, 2.45) is 0 Å². The monoisotopic (exact) mass is 343 g/mol. The maximum absolute atomic E-state index is 13.0. The summed E-state index contributed by atoms with van der Waals surface area (Å²) in [6.07, 6.45) is 5.57. The fourth-order valence-electron chi connectivity index (χ4n) is 2.47. The van der Waals surface area contributed by atoms with Crippen molar-refractivity contribution in [2.75, 3.05) is 6.54 Å². The molecular formula is C18H18FN3O3. The third kappa shape index (κ3) is 4.91. The number of H-pyrrole nitrogens is 2. The van der Waals surface area contributed by atoms with Crippen molar-refractivity contribution in [2.45, 2.75) is 26.3 Å². The van der Waals surface area contributed by atoms with Gasteiger partial charge in [-0.3, -0.25) is 14.6 Å². The van der Waals surface area contributed by atoms with Gasteiger partial charge in [-0.1, -0.05) is 18.1 Å². The molecule has 0 saturated carbocycles. The highest BCUT2D eigenvalue weighted by molar-refractivity contribution is 5.76. The number of hydrogen-bond donors (Lipinski definition) is 2. The van der Waals surface area contributed by atoms with E-state index < -0.39 is 11.2 Å². The van der Waals surface area contributed by atoms with Gasteiger partial charge in [0.1, 0.15) is 5.82 Å². The summed E-state index contributed by atoms with van der Waals surface area (Å²) in [5.74, 6) is 1.84. The van der Waals surface area contributed by atoms with Crippen LogP contribution in [0.2, 0.25) is 0 Å². The van der Waals surface area contributed by atoms with Crippen LogP contribution in [0.25, 0.3) is 0 Å². The minimum absolute atomic E-state index is 0.0683. The Morgan fingerprint density at radius 2 is 1.92 bits per heavy atom. The van der Waals surface area contributed by atoms with Gasteiger partial charge in [0, 0.05) is 24.2 Å². The number of carbonyl (C=O) groups is 1. The Morgan fingerprint density at radius 3 is 2.52 bits per heavy atom. The summed E-state index contributed by atoms with van der Waals surface area (Å²) in [6.45, 7) is 1.97. The zero-order chi connectivity index (χ0) is 18.4. The normalized spacial score (nSPS) is 10.3. The Bertz CT molecular complexity index is 907. The maximum atomic E-state index is 13.0. The van der Waals surface area contributed by atoms with E-state index in [4.69, 9.17) is 6.42 Å². The number of hydrogen-bond acceptors (Lipinski definition) is 3. The van der Waals surface area contributed by atoms with Crippen LogP contribution in [0.5, 0.6) is 0 Å². The molecule has 0 aliphatic heterocycles. The molecule has 2 N–H and O–H groups in total. The molecule has 0 aliphatic carbocycles. The van der Waals surface area contributed by atoms with Crippen molar-refractivity contribution >= 4 is 5.91 Å². The molecule has 1 amide bonds. The van der Waals surface area contributed by atoms with E-state index in [1.807, 2.05) is 0 Å². The Labute approximate surface area is 143 Å². The second-order valence-electron chi connectivity index (χ2n) is 5.59. The van der Waals surface area contributed by atoms with Crippen LogP contribution >= 0.6 is 0 Å². The summed E-state index contributed by atoms with van der Waals surface area (Å²) in [6, 6.07) is 5.81. The number of amides is 1. The lowest BCUT2D eigenvalue weighted by Crippen LogP contribution is -2.32. The lowest BCUT2D eigenvalue weighted by atomic mass is 10.1. The van der Waals surface area contributed by atoms with E-state index in [0.717, 1.165) is 5.56 Å². The van der Waals surface area contributed by atoms with Gasteiger partial charge >= 0.3 is 5.69 Å². The molecule has 25 heavy (non-hydrogen) atoms. The van der Waals surface area contributed by atoms with E-state index in [-0.39, 0.29) is 37.7 Å². The van der Waals surface area contributed by atoms with E-state index in [1.165, 1.54) is 17.0 Å². The van der Waals surface area contributed by atoms with E-state index >= 15 is 0 Å². The van der Waals surface area contributed by atoms with Crippen LogP contribution in [-0.2, 0) is 17.8 Å². The van der Waals surface area contributed by atoms with Crippen molar-refractivity contribution < 1.29 is 9.18 Å². The number of halogens is 1. The van der Waals surface area contributed by atoms with E-state index in [0.29, 0.717) is 11.3 Å². The average Bonchev–Trinajstić information content (AvgIpc) is 2.55. The summed E-state index contributed by atoms with van der Waals surface area (Å²) in [7, 11) is 0. The number of terminal acetylenes is 1. The maximum Gasteiger partial charge on any atom is 0.325 e. The van der Waals surface area contributed by atoms with Gasteiger partial charge in [0.05, 0.1) is 6.54 Å². The molecule has 6 nitrogen and oxygen atoms in total. The number of aryl methyl sites for hydroxylation is 1. The molecular weight excluding hydrogens is 325 g/mol. The lowest BCUT2D eigenvalue weighted by molar-refractivity contribution is -0.131. The molecule has 130 valence electrons. The summed E-state index contributed by atoms with van der Waals surface area (Å²) >= 11 is 0. The van der Waals surface area contributed by atoms with Crippen LogP contribution in [0.1, 0.15) is 23.2 Å². The first-order valence-electron chi connectivity index (χ1n) is 7.68. The molecule has 0 spiro atoms. The summed E-state index contributed by atoms with van der Waals surface area (Å²) in [4.78, 5) is 41.6. The second-order valence-corrected chi connectivity index (χ2v) is 5.59. The average molecular weight is 343 g/mol. The SMILES string of the molecule is C#CCN(Cc1ccc(F)cc1)C(=O)CCc1c(C)[nH]c(=O)[nH]c1=O. The van der Waals surface area contributed by atoms with Gasteiger partial charge in [-0.25, -0.2) is 9.18 Å². The summed E-state index contributed by atoms with van der Waals surface area (Å²) < 4.78 is 13.0. The largest absolute Gasteiger partial charge is 0.327 e. The molecule has 1 aromatic carbocycles. The van der Waals surface area contributed by atoms with Crippen LogP contribution in [0, 0.1) is 25.1 Å². The Balaban J connectivity index is 2.08. The molecule has 0 aliphatic rings. The number of nitrogens with one attached hydrogen (secondary N) is 2. The van der Waals surface area contributed by atoms with Crippen LogP contribution in [0.4, 0.5) is 4.39 Å². The number of rotatable bonds is 6. The zero-order valence-corrected chi connectivity index (χ0v) is 13.8. The predicted octanol–water partition coefficient (Wildman–Crippen LogP) is 1.11. The first-order chi connectivity index (χ1) is 11.9. The van der Waals surface area contributed by atoms with E-state index in [1.54, 1.807) is 19.1 Å². The third-order valence-corrected chi connectivity index (χ3v) is 3.77. The number of nitrogens with zero attached hydrogens (tertiary/aromatic N) is 1. The van der Waals surface area contributed by atoms with Crippen LogP contribution < -0.4 is 11.2 Å². The van der Waals surface area contributed by atoms with Gasteiger partial charge in [-0.05, 0) is 31.0 Å². The van der Waals surface area contributed by atoms with Gasteiger partial charge in [-0.15, -0.1) is 6.42 Å². The molecule has 2 aromatic rings. The van der Waals surface area contributed by atoms with Crippen molar-refractivity contribution in [3.63, 3.8) is 0 Å². The zero-order valence-electron chi connectivity index (χ0n) is 13.8. The number of benzene rings is 1. The van der Waals surface area contributed by atoms with Crippen LogP contribution in [0.15, 0.2) is 33.9 Å². The van der Waals surface area contributed by atoms with Gasteiger partial charge in [0.25, 0.3) is 5.56 Å². The minimum atomic E-state index is -0.581. The second kappa shape index (κ2) is 8.11.